The van der Waals surface area contributed by atoms with Crippen LogP contribution in [0.2, 0.25) is 0 Å². The van der Waals surface area contributed by atoms with E-state index in [1.807, 2.05) is 48.5 Å². The zero-order valence-electron chi connectivity index (χ0n) is 11.6. The van der Waals surface area contributed by atoms with Crippen LogP contribution in [0.4, 0.5) is 0 Å². The number of hydrogen-bond acceptors (Lipinski definition) is 5. The van der Waals surface area contributed by atoms with Crippen LogP contribution < -0.4 is 10.5 Å². The highest BCUT2D eigenvalue weighted by Crippen LogP contribution is 2.29. The Morgan fingerprint density at radius 3 is 2.81 bits per heavy atom. The molecule has 3 aromatic rings. The van der Waals surface area contributed by atoms with Crippen molar-refractivity contribution < 1.29 is 9.26 Å². The molecule has 5 nitrogen and oxygen atoms in total. The van der Waals surface area contributed by atoms with Crippen molar-refractivity contribution in [3.8, 4) is 28.6 Å². The maximum absolute atomic E-state index is 5.65. The van der Waals surface area contributed by atoms with E-state index < -0.39 is 0 Å². The molecular formula is C16H15N3O2. The van der Waals surface area contributed by atoms with E-state index in [0.717, 1.165) is 16.7 Å². The van der Waals surface area contributed by atoms with Crippen LogP contribution in [-0.2, 0) is 6.54 Å². The van der Waals surface area contributed by atoms with Gasteiger partial charge in [-0.3, -0.25) is 0 Å². The van der Waals surface area contributed by atoms with Crippen LogP contribution in [0, 0.1) is 0 Å². The lowest BCUT2D eigenvalue weighted by molar-refractivity contribution is 0.413. The standard InChI is InChI=1S/C16H15N3O2/c1-20-14-8-3-2-7-13(14)15-18-16(21-19-15)12-6-4-5-11(9-12)10-17/h2-9H,10,17H2,1H3. The summed E-state index contributed by atoms with van der Waals surface area (Å²) in [5.41, 5.74) is 8.32. The molecule has 0 radical (unpaired) electrons. The van der Waals surface area contributed by atoms with Crippen molar-refractivity contribution in [1.29, 1.82) is 0 Å². The minimum atomic E-state index is 0.464. The Bertz CT molecular complexity index is 753. The Kier molecular flexibility index (Phi) is 3.66. The second-order valence-corrected chi connectivity index (χ2v) is 4.53. The van der Waals surface area contributed by atoms with Gasteiger partial charge in [0.1, 0.15) is 5.75 Å². The quantitative estimate of drug-likeness (QED) is 0.796. The van der Waals surface area contributed by atoms with Gasteiger partial charge < -0.3 is 15.0 Å². The summed E-state index contributed by atoms with van der Waals surface area (Å²) < 4.78 is 10.7. The fraction of sp³-hybridized carbons (Fsp3) is 0.125. The third kappa shape index (κ3) is 2.64. The molecule has 1 heterocycles. The highest BCUT2D eigenvalue weighted by Gasteiger charge is 2.14. The van der Waals surface area contributed by atoms with E-state index in [1.54, 1.807) is 7.11 Å². The molecule has 0 aliphatic carbocycles. The maximum Gasteiger partial charge on any atom is 0.258 e. The topological polar surface area (TPSA) is 74.2 Å². The van der Waals surface area contributed by atoms with Crippen molar-refractivity contribution in [3.05, 3.63) is 54.1 Å². The molecule has 2 N–H and O–H groups in total. The number of rotatable bonds is 4. The van der Waals surface area contributed by atoms with Gasteiger partial charge in [0, 0.05) is 12.1 Å². The normalized spacial score (nSPS) is 10.6. The van der Waals surface area contributed by atoms with Crippen LogP contribution >= 0.6 is 0 Å². The Morgan fingerprint density at radius 2 is 2.00 bits per heavy atom. The third-order valence-electron chi connectivity index (χ3n) is 3.18. The second-order valence-electron chi connectivity index (χ2n) is 4.53. The van der Waals surface area contributed by atoms with Gasteiger partial charge in [-0.1, -0.05) is 29.4 Å². The summed E-state index contributed by atoms with van der Waals surface area (Å²) in [6.45, 7) is 0.474. The largest absolute Gasteiger partial charge is 0.496 e. The van der Waals surface area contributed by atoms with Crippen molar-refractivity contribution in [2.24, 2.45) is 5.73 Å². The van der Waals surface area contributed by atoms with Crippen molar-refractivity contribution in [3.63, 3.8) is 0 Å². The van der Waals surface area contributed by atoms with Gasteiger partial charge in [-0.25, -0.2) is 0 Å². The Hall–Kier alpha value is -2.66. The first-order chi connectivity index (χ1) is 10.3. The van der Waals surface area contributed by atoms with Crippen LogP contribution in [0.3, 0.4) is 0 Å². The maximum atomic E-state index is 5.65. The van der Waals surface area contributed by atoms with Gasteiger partial charge in [-0.05, 0) is 29.8 Å². The van der Waals surface area contributed by atoms with E-state index in [-0.39, 0.29) is 0 Å². The molecule has 2 aromatic carbocycles. The van der Waals surface area contributed by atoms with Gasteiger partial charge in [0.05, 0.1) is 12.7 Å². The highest BCUT2D eigenvalue weighted by molar-refractivity contribution is 5.65. The average molecular weight is 281 g/mol. The number of hydrogen-bond donors (Lipinski definition) is 1. The van der Waals surface area contributed by atoms with E-state index in [9.17, 15) is 0 Å². The fourth-order valence-electron chi connectivity index (χ4n) is 2.11. The zero-order valence-corrected chi connectivity index (χ0v) is 11.6. The first-order valence-corrected chi connectivity index (χ1v) is 6.58. The monoisotopic (exact) mass is 281 g/mol. The molecule has 0 aliphatic rings. The average Bonchev–Trinajstić information content (AvgIpc) is 3.04. The van der Waals surface area contributed by atoms with E-state index in [4.69, 9.17) is 15.0 Å². The van der Waals surface area contributed by atoms with Crippen LogP contribution in [-0.4, -0.2) is 17.3 Å². The summed E-state index contributed by atoms with van der Waals surface area (Å²) in [5, 5.41) is 4.03. The number of methoxy groups -OCH3 is 1. The Balaban J connectivity index is 1.99. The van der Waals surface area contributed by atoms with Gasteiger partial charge >= 0.3 is 0 Å². The van der Waals surface area contributed by atoms with Gasteiger partial charge in [-0.2, -0.15) is 4.98 Å². The van der Waals surface area contributed by atoms with Gasteiger partial charge in [-0.15, -0.1) is 0 Å². The first-order valence-electron chi connectivity index (χ1n) is 6.58. The summed E-state index contributed by atoms with van der Waals surface area (Å²) >= 11 is 0. The lowest BCUT2D eigenvalue weighted by atomic mass is 10.1. The molecule has 3 rings (SSSR count). The zero-order chi connectivity index (χ0) is 14.7. The molecule has 0 saturated carbocycles. The SMILES string of the molecule is COc1ccccc1-c1noc(-c2cccc(CN)c2)n1. The molecule has 106 valence electrons. The number of benzene rings is 2. The number of aromatic nitrogens is 2. The summed E-state index contributed by atoms with van der Waals surface area (Å²) in [5.74, 6) is 1.67. The van der Waals surface area contributed by atoms with Crippen molar-refractivity contribution in [2.45, 2.75) is 6.54 Å². The minimum Gasteiger partial charge on any atom is -0.496 e. The van der Waals surface area contributed by atoms with Gasteiger partial charge in [0.2, 0.25) is 5.82 Å². The molecule has 21 heavy (non-hydrogen) atoms. The molecule has 0 aliphatic heterocycles. The van der Waals surface area contributed by atoms with Crippen LogP contribution in [0.25, 0.3) is 22.8 Å². The molecule has 0 amide bonds. The molecule has 0 spiro atoms. The van der Waals surface area contributed by atoms with Crippen LogP contribution in [0.5, 0.6) is 5.75 Å². The smallest absolute Gasteiger partial charge is 0.258 e. The number of para-hydroxylation sites is 1. The molecule has 5 heteroatoms. The van der Waals surface area contributed by atoms with Gasteiger partial charge in [0.15, 0.2) is 0 Å². The number of nitrogens with zero attached hydrogens (tertiary/aromatic N) is 2. The summed E-state index contributed by atoms with van der Waals surface area (Å²) in [7, 11) is 1.62. The van der Waals surface area contributed by atoms with Crippen LogP contribution in [0.1, 0.15) is 5.56 Å². The molecule has 0 unspecified atom stereocenters. The van der Waals surface area contributed by atoms with E-state index >= 15 is 0 Å². The van der Waals surface area contributed by atoms with E-state index in [1.165, 1.54) is 0 Å². The van der Waals surface area contributed by atoms with E-state index in [2.05, 4.69) is 10.1 Å². The first kappa shape index (κ1) is 13.3. The predicted molar refractivity (Wildman–Crippen MR) is 79.6 cm³/mol. The molecule has 0 fully saturated rings. The van der Waals surface area contributed by atoms with Crippen molar-refractivity contribution >= 4 is 0 Å². The van der Waals surface area contributed by atoms with Gasteiger partial charge in [0.25, 0.3) is 5.89 Å². The molecule has 0 atom stereocenters. The van der Waals surface area contributed by atoms with Crippen molar-refractivity contribution in [2.75, 3.05) is 7.11 Å². The predicted octanol–water partition coefficient (Wildman–Crippen LogP) is 2.87. The number of nitrogens with two attached hydrogens (primary N) is 1. The summed E-state index contributed by atoms with van der Waals surface area (Å²) in [6.07, 6.45) is 0. The summed E-state index contributed by atoms with van der Waals surface area (Å²) in [4.78, 5) is 4.44. The lowest BCUT2D eigenvalue weighted by Crippen LogP contribution is -1.95. The lowest BCUT2D eigenvalue weighted by Gasteiger charge is -2.03. The summed E-state index contributed by atoms with van der Waals surface area (Å²) in [6, 6.07) is 15.3. The van der Waals surface area contributed by atoms with E-state index in [0.29, 0.717) is 24.0 Å². The third-order valence-corrected chi connectivity index (χ3v) is 3.18. The fourth-order valence-corrected chi connectivity index (χ4v) is 2.11. The van der Waals surface area contributed by atoms with Crippen LogP contribution in [0.15, 0.2) is 53.1 Å². The molecule has 1 aromatic heterocycles. The second kappa shape index (κ2) is 5.76. The van der Waals surface area contributed by atoms with Crippen molar-refractivity contribution in [1.82, 2.24) is 10.1 Å². The minimum absolute atomic E-state index is 0.464. The Labute approximate surface area is 122 Å². The molecular weight excluding hydrogens is 266 g/mol. The molecule has 0 saturated heterocycles. The molecule has 0 bridgehead atoms. The highest BCUT2D eigenvalue weighted by atomic mass is 16.5. The Morgan fingerprint density at radius 1 is 1.14 bits per heavy atom. The number of ether oxygens (including phenoxy) is 1.